The van der Waals surface area contributed by atoms with Gasteiger partial charge in [0.05, 0.1) is 19.3 Å². The van der Waals surface area contributed by atoms with E-state index in [9.17, 15) is 5.11 Å². The molecule has 4 nitrogen and oxygen atoms in total. The molecule has 0 aliphatic carbocycles. The highest BCUT2D eigenvalue weighted by Crippen LogP contribution is 2.55. The molecule has 0 saturated heterocycles. The van der Waals surface area contributed by atoms with Gasteiger partial charge in [-0.1, -0.05) is 30.0 Å². The third-order valence-corrected chi connectivity index (χ3v) is 5.78. The lowest BCUT2D eigenvalue weighted by Gasteiger charge is -2.29. The largest absolute Gasteiger partial charge is 0.370 e. The molecule has 0 bridgehead atoms. The molecule has 0 unspecified atom stereocenters. The fourth-order valence-electron chi connectivity index (χ4n) is 2.47. The van der Waals surface area contributed by atoms with Gasteiger partial charge in [-0.3, -0.25) is 9.83 Å². The number of rotatable bonds is 1. The van der Waals surface area contributed by atoms with Crippen molar-refractivity contribution in [1.29, 1.82) is 0 Å². The lowest BCUT2D eigenvalue weighted by Crippen LogP contribution is -2.43. The topological polar surface area (TPSA) is 45.1 Å². The average Bonchev–Trinajstić information content (AvgIpc) is 2.94. The number of aliphatic imine (C=N–C) groups is 1. The number of para-hydroxylation sites is 1. The quantitative estimate of drug-likeness (QED) is 0.854. The Bertz CT molecular complexity index is 509. The molecule has 0 amide bonds. The summed E-state index contributed by atoms with van der Waals surface area (Å²) in [4.78, 5) is 9.83. The van der Waals surface area contributed by atoms with E-state index in [0.717, 1.165) is 15.6 Å². The Hall–Kier alpha value is -0.690. The zero-order valence-corrected chi connectivity index (χ0v) is 11.8. The Labute approximate surface area is 114 Å². The van der Waals surface area contributed by atoms with E-state index in [1.165, 1.54) is 0 Å². The number of fused-ring (bicyclic) bond motifs is 2. The number of thioether (sulfide) groups is 2. The van der Waals surface area contributed by atoms with E-state index in [1.807, 2.05) is 30.5 Å². The normalized spacial score (nSPS) is 29.8. The van der Waals surface area contributed by atoms with Crippen molar-refractivity contribution in [3.05, 3.63) is 29.8 Å². The van der Waals surface area contributed by atoms with Crippen molar-refractivity contribution in [3.8, 4) is 0 Å². The molecule has 2 aliphatic heterocycles. The van der Waals surface area contributed by atoms with E-state index in [-0.39, 0.29) is 0 Å². The second kappa shape index (κ2) is 4.45. The Morgan fingerprint density at radius 2 is 2.33 bits per heavy atom. The van der Waals surface area contributed by atoms with Gasteiger partial charge in [-0.05, 0) is 12.3 Å². The van der Waals surface area contributed by atoms with Gasteiger partial charge in [0, 0.05) is 5.56 Å². The van der Waals surface area contributed by atoms with Crippen molar-refractivity contribution >= 4 is 33.6 Å². The molecule has 1 N–H and O–H groups in total. The molecule has 3 rings (SSSR count). The maximum absolute atomic E-state index is 10.6. The highest BCUT2D eigenvalue weighted by atomic mass is 32.2. The Morgan fingerprint density at radius 3 is 3.00 bits per heavy atom. The molecule has 0 aromatic heterocycles. The van der Waals surface area contributed by atoms with Gasteiger partial charge in [-0.2, -0.15) is 0 Å². The summed E-state index contributed by atoms with van der Waals surface area (Å²) in [5.74, 6) is 0. The van der Waals surface area contributed by atoms with E-state index >= 15 is 0 Å². The number of nitrogens with zero attached hydrogens (tertiary/aromatic N) is 2. The van der Waals surface area contributed by atoms with Crippen molar-refractivity contribution in [2.45, 2.75) is 11.0 Å². The predicted octanol–water partition coefficient (Wildman–Crippen LogP) is 2.05. The molecular formula is C12H14N2O2S2. The maximum atomic E-state index is 10.6. The smallest absolute Gasteiger partial charge is 0.172 e. The molecule has 2 aliphatic rings. The molecule has 1 aromatic rings. The van der Waals surface area contributed by atoms with Gasteiger partial charge in [0.2, 0.25) is 0 Å². The van der Waals surface area contributed by atoms with Crippen molar-refractivity contribution < 1.29 is 9.94 Å². The van der Waals surface area contributed by atoms with Crippen LogP contribution in [0.4, 0.5) is 5.69 Å². The van der Waals surface area contributed by atoms with E-state index in [2.05, 4.69) is 4.99 Å². The third-order valence-electron chi connectivity index (χ3n) is 3.32. The van der Waals surface area contributed by atoms with Gasteiger partial charge in [-0.15, -0.1) is 11.8 Å². The summed E-state index contributed by atoms with van der Waals surface area (Å²) >= 11 is 3.25. The van der Waals surface area contributed by atoms with Crippen LogP contribution in [-0.4, -0.2) is 35.6 Å². The fraction of sp³-hybridized carbons (Fsp3) is 0.417. The number of aliphatic hydroxyl groups excluding tert-OH is 1. The number of hydrogen-bond acceptors (Lipinski definition) is 6. The second-order valence-electron chi connectivity index (χ2n) is 4.18. The summed E-state index contributed by atoms with van der Waals surface area (Å²) in [6.45, 7) is 0.589. The molecule has 6 heteroatoms. The lowest BCUT2D eigenvalue weighted by atomic mass is 9.99. The van der Waals surface area contributed by atoms with Crippen LogP contribution in [-0.2, 0) is 9.58 Å². The minimum Gasteiger partial charge on any atom is -0.370 e. The summed E-state index contributed by atoms with van der Waals surface area (Å²) in [7, 11) is 1.58. The van der Waals surface area contributed by atoms with E-state index in [1.54, 1.807) is 35.7 Å². The summed E-state index contributed by atoms with van der Waals surface area (Å²) < 4.78 is 0.590. The predicted molar refractivity (Wildman–Crippen MR) is 77.0 cm³/mol. The highest BCUT2D eigenvalue weighted by Gasteiger charge is 2.54. The molecule has 0 radical (unpaired) electrons. The van der Waals surface area contributed by atoms with Crippen LogP contribution in [0.25, 0.3) is 0 Å². The molecule has 2 atom stereocenters. The number of hydrogen-bond donors (Lipinski definition) is 1. The molecule has 0 saturated carbocycles. The van der Waals surface area contributed by atoms with Crippen LogP contribution in [0.5, 0.6) is 0 Å². The minimum atomic E-state index is -0.710. The monoisotopic (exact) mass is 282 g/mol. The first-order chi connectivity index (χ1) is 8.73. The van der Waals surface area contributed by atoms with Gasteiger partial charge < -0.3 is 5.11 Å². The second-order valence-corrected chi connectivity index (χ2v) is 6.55. The van der Waals surface area contributed by atoms with Crippen molar-refractivity contribution in [1.82, 2.24) is 0 Å². The van der Waals surface area contributed by atoms with Gasteiger partial charge >= 0.3 is 0 Å². The van der Waals surface area contributed by atoms with Crippen LogP contribution in [0.15, 0.2) is 29.3 Å². The van der Waals surface area contributed by atoms with Crippen LogP contribution in [0, 0.1) is 0 Å². The molecular weight excluding hydrogens is 268 g/mol. The fourth-order valence-corrected chi connectivity index (χ4v) is 4.49. The number of aliphatic hydroxyl groups is 1. The first-order valence-corrected chi connectivity index (χ1v) is 7.65. The van der Waals surface area contributed by atoms with Crippen molar-refractivity contribution in [2.75, 3.05) is 25.0 Å². The molecule has 2 heterocycles. The highest BCUT2D eigenvalue weighted by molar-refractivity contribution is 8.39. The zero-order valence-electron chi connectivity index (χ0n) is 10.2. The van der Waals surface area contributed by atoms with Crippen LogP contribution in [0.2, 0.25) is 0 Å². The van der Waals surface area contributed by atoms with Crippen LogP contribution < -0.4 is 5.06 Å². The number of hydroxylamine groups is 1. The van der Waals surface area contributed by atoms with Gasteiger partial charge in [-0.25, -0.2) is 5.06 Å². The molecule has 1 aromatic carbocycles. The summed E-state index contributed by atoms with van der Waals surface area (Å²) in [6.07, 6.45) is 1.30. The summed E-state index contributed by atoms with van der Waals surface area (Å²) in [5.41, 5.74) is 2.02. The first-order valence-electron chi connectivity index (χ1n) is 5.61. The van der Waals surface area contributed by atoms with Crippen molar-refractivity contribution in [2.24, 2.45) is 4.99 Å². The van der Waals surface area contributed by atoms with Gasteiger partial charge in [0.1, 0.15) is 9.12 Å². The molecule has 96 valence electrons. The Kier molecular flexibility index (Phi) is 3.05. The van der Waals surface area contributed by atoms with Crippen LogP contribution >= 0.6 is 23.5 Å². The van der Waals surface area contributed by atoms with Gasteiger partial charge in [0.25, 0.3) is 0 Å². The maximum Gasteiger partial charge on any atom is 0.172 e. The summed E-state index contributed by atoms with van der Waals surface area (Å²) in [5, 5.41) is 12.1. The van der Waals surface area contributed by atoms with Crippen LogP contribution in [0.3, 0.4) is 0 Å². The average molecular weight is 282 g/mol. The van der Waals surface area contributed by atoms with E-state index < -0.39 is 11.0 Å². The molecule has 18 heavy (non-hydrogen) atoms. The standard InChI is InChI=1S/C12H14N2O2S2/c1-16-14-9-6-4-3-5-8(9)12(10(14)15)7-13-11(17-2)18-12/h3-6,10,15H,7H2,1-2H3/t10-,12-/m0/s1. The van der Waals surface area contributed by atoms with Crippen LogP contribution in [0.1, 0.15) is 5.56 Å². The zero-order chi connectivity index (χ0) is 12.8. The number of benzene rings is 1. The lowest BCUT2D eigenvalue weighted by molar-refractivity contribution is 0.0252. The minimum absolute atomic E-state index is 0.426. The number of anilines is 1. The SMILES string of the molecule is CON1c2ccccc2[C@@]2(CN=C(SC)S2)[C@@H]1O. The third kappa shape index (κ3) is 1.53. The van der Waals surface area contributed by atoms with E-state index in [4.69, 9.17) is 4.84 Å². The summed E-state index contributed by atoms with van der Waals surface area (Å²) in [6, 6.07) is 7.95. The van der Waals surface area contributed by atoms with Crippen molar-refractivity contribution in [3.63, 3.8) is 0 Å². The molecule has 0 fully saturated rings. The Balaban J connectivity index is 2.07. The van der Waals surface area contributed by atoms with E-state index in [0.29, 0.717) is 6.54 Å². The first kappa shape index (κ1) is 12.3. The Morgan fingerprint density at radius 1 is 1.56 bits per heavy atom. The molecule has 1 spiro atoms. The van der Waals surface area contributed by atoms with Gasteiger partial charge in [0.15, 0.2) is 6.23 Å².